The van der Waals surface area contributed by atoms with Crippen LogP contribution in [0, 0.1) is 27.7 Å². The summed E-state index contributed by atoms with van der Waals surface area (Å²) in [6.45, 7) is 8.95. The number of oxime groups is 2. The van der Waals surface area contributed by atoms with Gasteiger partial charge < -0.3 is 16.7 Å². The highest BCUT2D eigenvalue weighted by atomic mass is 32.2. The van der Waals surface area contributed by atoms with Crippen LogP contribution in [-0.2, 0) is 69.3 Å². The van der Waals surface area contributed by atoms with Crippen molar-refractivity contribution in [1.82, 2.24) is 0 Å². The van der Waals surface area contributed by atoms with Gasteiger partial charge in [0.25, 0.3) is 0 Å². The van der Waals surface area contributed by atoms with E-state index in [1.165, 1.54) is 97.1 Å². The molecule has 0 saturated heterocycles. The van der Waals surface area contributed by atoms with Crippen LogP contribution in [0.15, 0.2) is 173 Å². The number of hydrogen-bond donors (Lipinski definition) is 0. The van der Waals surface area contributed by atoms with Gasteiger partial charge >= 0.3 is 60.7 Å². The minimum Gasteiger partial charge on any atom is -0.379 e. The van der Waals surface area contributed by atoms with Gasteiger partial charge in [0.1, 0.15) is 42.5 Å². The largest absolute Gasteiger partial charge is 0.379 e. The third-order valence-corrected chi connectivity index (χ3v) is 16.8. The molecule has 6 aromatic carbocycles. The van der Waals surface area contributed by atoms with Crippen molar-refractivity contribution in [2.24, 2.45) is 10.3 Å². The molecule has 70 heavy (non-hydrogen) atoms. The summed E-state index contributed by atoms with van der Waals surface area (Å²) in [6.07, 6.45) is 0. The van der Waals surface area contributed by atoms with E-state index in [-0.39, 0.29) is 19.6 Å². The lowest BCUT2D eigenvalue weighted by Crippen LogP contribution is -2.16. The molecule has 0 heterocycles. The summed E-state index contributed by atoms with van der Waals surface area (Å²) in [4.78, 5) is -3.54. The summed E-state index contributed by atoms with van der Waals surface area (Å²) in [6, 6.07) is 26.2. The Hall–Kier alpha value is -6.84. The molecule has 0 fully saturated rings. The fraction of sp³-hybridized carbons (Fsp3) is 0.136. The molecule has 0 amide bonds. The summed E-state index contributed by atoms with van der Waals surface area (Å²) in [5.74, 6) is -3.02. The second-order valence-corrected chi connectivity index (χ2v) is 24.2. The van der Waals surface area contributed by atoms with Gasteiger partial charge in [-0.15, -0.1) is 0 Å². The first-order chi connectivity index (χ1) is 32.6. The Labute approximate surface area is 405 Å². The molecule has 0 aromatic heterocycles. The Morgan fingerprint density at radius 2 is 0.571 bits per heavy atom. The molecular weight excluding hydrogens is 1040 g/mol. The van der Waals surface area contributed by atoms with Crippen LogP contribution in [0.3, 0.4) is 0 Å². The molecule has 370 valence electrons. The van der Waals surface area contributed by atoms with Gasteiger partial charge in [-0.25, -0.2) is 0 Å². The van der Waals surface area contributed by atoms with E-state index in [2.05, 4.69) is 10.3 Å². The van der Waals surface area contributed by atoms with E-state index in [1.807, 2.05) is 0 Å². The van der Waals surface area contributed by atoms with Gasteiger partial charge in [0.2, 0.25) is 0 Å². The van der Waals surface area contributed by atoms with E-state index in [4.69, 9.17) is 25.3 Å². The topological polar surface area (TPSA) is 285 Å². The molecule has 0 N–H and O–H groups in total. The van der Waals surface area contributed by atoms with E-state index in [1.54, 1.807) is 27.7 Å². The quantitative estimate of drug-likeness (QED) is 0.0455. The van der Waals surface area contributed by atoms with Crippen LogP contribution in [-0.4, -0.2) is 61.9 Å². The van der Waals surface area contributed by atoms with Crippen molar-refractivity contribution in [2.75, 3.05) is 0 Å². The molecule has 26 heteroatoms. The highest BCUT2D eigenvalue weighted by molar-refractivity contribution is 7.89. The Bertz CT molecular complexity index is 3470. The molecule has 0 spiro atoms. The van der Waals surface area contributed by atoms with Crippen LogP contribution in [0.4, 0.5) is 0 Å². The minimum atomic E-state index is -5.31. The van der Waals surface area contributed by atoms with Crippen LogP contribution in [0.2, 0.25) is 0 Å². The number of aryl methyl sites for hydroxylation is 4. The van der Waals surface area contributed by atoms with E-state index >= 15 is 0 Å². The summed E-state index contributed by atoms with van der Waals surface area (Å²) < 4.78 is 191. The second-order valence-electron chi connectivity index (χ2n) is 15.0. The van der Waals surface area contributed by atoms with Crippen LogP contribution in [0.5, 0.6) is 23.0 Å². The number of benzene rings is 6. The van der Waals surface area contributed by atoms with Gasteiger partial charge in [-0.05, 0) is 114 Å². The molecule has 0 saturated carbocycles. The zero-order valence-corrected chi connectivity index (χ0v) is 42.3. The van der Waals surface area contributed by atoms with Crippen molar-refractivity contribution in [3.05, 3.63) is 156 Å². The predicted molar refractivity (Wildman–Crippen MR) is 252 cm³/mol. The zero-order chi connectivity index (χ0) is 51.5. The minimum absolute atomic E-state index is 0.302. The maximum atomic E-state index is 13.8. The molecule has 0 aliphatic rings. The van der Waals surface area contributed by atoms with Gasteiger partial charge in [0, 0.05) is 12.1 Å². The molecule has 0 aliphatic heterocycles. The first-order valence-corrected chi connectivity index (χ1v) is 28.3. The average molecular weight is 1080 g/mol. The number of nitrogens with zero attached hydrogens (tertiary/aromatic N) is 2. The Balaban J connectivity index is 1.32. The Morgan fingerprint density at radius 3 is 0.829 bits per heavy atom. The smallest absolute Gasteiger partial charge is 0.362 e. The molecule has 0 radical (unpaired) electrons. The van der Waals surface area contributed by atoms with E-state index in [9.17, 15) is 50.5 Å². The third-order valence-electron chi connectivity index (χ3n) is 9.49. The maximum Gasteiger partial charge on any atom is 0.362 e. The average Bonchev–Trinajstić information content (AvgIpc) is 3.28. The zero-order valence-electron chi connectivity index (χ0n) is 37.4. The van der Waals surface area contributed by atoms with Gasteiger partial charge in [-0.2, -0.15) is 50.5 Å². The summed E-state index contributed by atoms with van der Waals surface area (Å²) >= 11 is 0. The molecular formula is C44H40N2O18S6. The maximum absolute atomic E-state index is 13.8. The molecule has 0 atom stereocenters. The lowest BCUT2D eigenvalue weighted by molar-refractivity contribution is 0.332. The van der Waals surface area contributed by atoms with Gasteiger partial charge in [0.05, 0.1) is 0 Å². The molecule has 20 nitrogen and oxygen atoms in total. The molecule has 6 rings (SSSR count). The second kappa shape index (κ2) is 20.2. The van der Waals surface area contributed by atoms with Gasteiger partial charge in [-0.1, -0.05) is 81.1 Å². The van der Waals surface area contributed by atoms with Crippen molar-refractivity contribution in [1.29, 1.82) is 0 Å². The monoisotopic (exact) mass is 1080 g/mol. The van der Waals surface area contributed by atoms with Crippen LogP contribution in [0.1, 0.15) is 36.1 Å². The molecule has 6 aromatic rings. The van der Waals surface area contributed by atoms with E-state index in [0.717, 1.165) is 49.2 Å². The summed E-state index contributed by atoms with van der Waals surface area (Å²) in [5.41, 5.74) is 1.83. The molecule has 0 bridgehead atoms. The highest BCUT2D eigenvalue weighted by Crippen LogP contribution is 2.35. The highest BCUT2D eigenvalue weighted by Gasteiger charge is 2.31. The van der Waals surface area contributed by atoms with Crippen molar-refractivity contribution in [2.45, 2.75) is 70.9 Å². The van der Waals surface area contributed by atoms with Crippen LogP contribution in [0.25, 0.3) is 0 Å². The Morgan fingerprint density at radius 1 is 0.329 bits per heavy atom. The van der Waals surface area contributed by atoms with Crippen LogP contribution >= 0.6 is 0 Å². The summed E-state index contributed by atoms with van der Waals surface area (Å²) in [5, 5.41) is 6.95. The SMILES string of the molecule is CC(=N\OS(=O)(=O)c1cc(OS(=O)(=O)c2ccc(C)cc2)ccc1OS(=O)(=O)c1ccc(C)cc1)/C(C)=N/OS(=O)(=O)c1cc(OS(=O)(=O)c2ccc(C)cc2)ccc1OS(=O)(=O)c1ccc(C)cc1. The normalized spacial score (nSPS) is 13.0. The lowest BCUT2D eigenvalue weighted by Gasteiger charge is -2.14. The van der Waals surface area contributed by atoms with Gasteiger partial charge in [-0.3, -0.25) is 8.57 Å². The van der Waals surface area contributed by atoms with Crippen LogP contribution < -0.4 is 16.7 Å². The summed E-state index contributed by atoms with van der Waals surface area (Å²) in [7, 11) is -29.3. The first-order valence-electron chi connectivity index (χ1n) is 19.9. The fourth-order valence-electron chi connectivity index (χ4n) is 5.53. The number of rotatable bonds is 19. The van der Waals surface area contributed by atoms with E-state index in [0.29, 0.717) is 23.3 Å². The van der Waals surface area contributed by atoms with E-state index < -0.39 is 105 Å². The first kappa shape index (κ1) is 52.5. The number of hydrogen-bond acceptors (Lipinski definition) is 20. The van der Waals surface area contributed by atoms with Gasteiger partial charge in [0.15, 0.2) is 21.3 Å². The van der Waals surface area contributed by atoms with Crippen molar-refractivity contribution in [3.63, 3.8) is 0 Å². The fourth-order valence-corrected chi connectivity index (χ4v) is 11.2. The van der Waals surface area contributed by atoms with Crippen molar-refractivity contribution >= 4 is 72.1 Å². The molecule has 0 aliphatic carbocycles. The van der Waals surface area contributed by atoms with Crippen molar-refractivity contribution in [3.8, 4) is 23.0 Å². The third kappa shape index (κ3) is 12.9. The molecule has 0 unspecified atom stereocenters. The Kier molecular flexibility index (Phi) is 15.2. The predicted octanol–water partition coefficient (Wildman–Crippen LogP) is 6.85. The lowest BCUT2D eigenvalue weighted by atomic mass is 10.2. The standard InChI is InChI=1S/C44H40N2O18S6/c1-29-7-17-37(18-8-29)65(47,48)59-35-15-25-41(61-67(51,52)39-21-11-31(3)12-22-39)43(27-35)69(55,56)63-45-33(5)34(6)46-64-70(57,58)44-28-36(60-66(49,50)38-19-9-30(2)10-20-38)16-26-42(44)62-68(53,54)40-23-13-32(4)14-24-40/h7-28H,1-6H3/b45-33+,46-34+. The van der Waals surface area contributed by atoms with Crippen molar-refractivity contribution < 1.29 is 75.8 Å².